The van der Waals surface area contributed by atoms with Gasteiger partial charge >= 0.3 is 0 Å². The van der Waals surface area contributed by atoms with Crippen LogP contribution >= 0.6 is 9.24 Å². The third kappa shape index (κ3) is 3.36. The summed E-state index contributed by atoms with van der Waals surface area (Å²) in [4.78, 5) is 0. The lowest BCUT2D eigenvalue weighted by Gasteiger charge is -2.08. The van der Waals surface area contributed by atoms with Crippen molar-refractivity contribution in [3.05, 3.63) is 35.9 Å². The van der Waals surface area contributed by atoms with Gasteiger partial charge in [-0.1, -0.05) is 43.7 Å². The molecular formula is C11H17P. The van der Waals surface area contributed by atoms with E-state index in [0.29, 0.717) is 0 Å². The zero-order valence-electron chi connectivity index (χ0n) is 7.66. The molecule has 0 aromatic heterocycles. The van der Waals surface area contributed by atoms with Gasteiger partial charge in [0.15, 0.2) is 0 Å². The average Bonchev–Trinajstić information content (AvgIpc) is 2.06. The van der Waals surface area contributed by atoms with Gasteiger partial charge in [0.05, 0.1) is 0 Å². The van der Waals surface area contributed by atoms with E-state index < -0.39 is 0 Å². The molecule has 1 aromatic carbocycles. The standard InChI is InChI=1S/C11H17P/c1-2-6-11(12)9-10-7-4-3-5-8-10/h3-5,7-8,11H,2,6,9,12H2,1H3/t11-/m1/s1. The summed E-state index contributed by atoms with van der Waals surface area (Å²) in [5.41, 5.74) is 2.20. The molecule has 0 spiro atoms. The zero-order valence-corrected chi connectivity index (χ0v) is 8.82. The van der Waals surface area contributed by atoms with Crippen molar-refractivity contribution in [2.45, 2.75) is 31.8 Å². The fourth-order valence-electron chi connectivity index (χ4n) is 1.39. The van der Waals surface area contributed by atoms with E-state index >= 15 is 0 Å². The van der Waals surface area contributed by atoms with Crippen LogP contribution in [0.2, 0.25) is 0 Å². The maximum absolute atomic E-state index is 2.93. The van der Waals surface area contributed by atoms with Crippen LogP contribution in [-0.4, -0.2) is 5.66 Å². The van der Waals surface area contributed by atoms with Gasteiger partial charge in [-0.15, -0.1) is 9.24 Å². The summed E-state index contributed by atoms with van der Waals surface area (Å²) in [6.07, 6.45) is 3.78. The molecule has 1 unspecified atom stereocenters. The van der Waals surface area contributed by atoms with Gasteiger partial charge in [0.25, 0.3) is 0 Å². The molecule has 0 N–H and O–H groups in total. The van der Waals surface area contributed by atoms with Crippen LogP contribution in [0.15, 0.2) is 30.3 Å². The fourth-order valence-corrected chi connectivity index (χ4v) is 2.00. The Kier molecular flexibility index (Phi) is 4.32. The Hall–Kier alpha value is -0.350. The Bertz CT molecular complexity index is 206. The second-order valence-electron chi connectivity index (χ2n) is 3.24. The van der Waals surface area contributed by atoms with E-state index in [-0.39, 0.29) is 0 Å². The maximum Gasteiger partial charge on any atom is -0.0216 e. The first-order chi connectivity index (χ1) is 5.83. The molecule has 0 heterocycles. The summed E-state index contributed by atoms with van der Waals surface area (Å²) in [6, 6.07) is 10.7. The fraction of sp³-hybridized carbons (Fsp3) is 0.455. The highest BCUT2D eigenvalue weighted by atomic mass is 31.0. The number of hydrogen-bond acceptors (Lipinski definition) is 0. The van der Waals surface area contributed by atoms with Gasteiger partial charge < -0.3 is 0 Å². The number of hydrogen-bond donors (Lipinski definition) is 0. The van der Waals surface area contributed by atoms with Gasteiger partial charge in [0.2, 0.25) is 0 Å². The molecule has 0 nitrogen and oxygen atoms in total. The van der Waals surface area contributed by atoms with Crippen molar-refractivity contribution in [3.63, 3.8) is 0 Å². The Labute approximate surface area is 77.6 Å². The predicted octanol–water partition coefficient (Wildman–Crippen LogP) is 3.27. The highest BCUT2D eigenvalue weighted by molar-refractivity contribution is 7.17. The van der Waals surface area contributed by atoms with E-state index in [4.69, 9.17) is 0 Å². The van der Waals surface area contributed by atoms with Crippen molar-refractivity contribution in [3.8, 4) is 0 Å². The first kappa shape index (κ1) is 9.74. The van der Waals surface area contributed by atoms with E-state index in [0.717, 1.165) is 5.66 Å². The van der Waals surface area contributed by atoms with Gasteiger partial charge in [-0.25, -0.2) is 0 Å². The summed E-state index contributed by atoms with van der Waals surface area (Å²) in [7, 11) is 2.93. The number of rotatable bonds is 4. The molecule has 0 amide bonds. The molecule has 0 bridgehead atoms. The van der Waals surface area contributed by atoms with Crippen molar-refractivity contribution < 1.29 is 0 Å². The minimum absolute atomic E-state index is 0.748. The zero-order chi connectivity index (χ0) is 8.81. The van der Waals surface area contributed by atoms with Gasteiger partial charge in [0.1, 0.15) is 0 Å². The highest BCUT2D eigenvalue weighted by Gasteiger charge is 2.00. The van der Waals surface area contributed by atoms with Gasteiger partial charge in [0, 0.05) is 0 Å². The molecule has 0 aliphatic rings. The highest BCUT2D eigenvalue weighted by Crippen LogP contribution is 2.14. The minimum atomic E-state index is 0.748. The smallest absolute Gasteiger partial charge is 0.0216 e. The van der Waals surface area contributed by atoms with Crippen molar-refractivity contribution in [2.75, 3.05) is 0 Å². The Balaban J connectivity index is 2.41. The third-order valence-corrected chi connectivity index (χ3v) is 2.57. The largest absolute Gasteiger partial charge is 0.134 e. The summed E-state index contributed by atoms with van der Waals surface area (Å²) in [6.45, 7) is 2.24. The van der Waals surface area contributed by atoms with Crippen LogP contribution in [0.25, 0.3) is 0 Å². The first-order valence-corrected chi connectivity index (χ1v) is 5.29. The molecule has 0 fully saturated rings. The van der Waals surface area contributed by atoms with E-state index in [2.05, 4.69) is 46.5 Å². The molecule has 2 atom stereocenters. The molecular weight excluding hydrogens is 163 g/mol. The minimum Gasteiger partial charge on any atom is -0.134 e. The Morgan fingerprint density at radius 3 is 2.50 bits per heavy atom. The van der Waals surface area contributed by atoms with E-state index in [1.165, 1.54) is 24.8 Å². The Morgan fingerprint density at radius 2 is 1.92 bits per heavy atom. The monoisotopic (exact) mass is 180 g/mol. The lowest BCUT2D eigenvalue weighted by molar-refractivity contribution is 0.735. The molecule has 0 aliphatic heterocycles. The van der Waals surface area contributed by atoms with Crippen molar-refractivity contribution in [1.29, 1.82) is 0 Å². The maximum atomic E-state index is 2.93. The topological polar surface area (TPSA) is 0 Å². The van der Waals surface area contributed by atoms with Gasteiger partial charge in [-0.2, -0.15) is 0 Å². The van der Waals surface area contributed by atoms with Crippen LogP contribution in [0, 0.1) is 0 Å². The van der Waals surface area contributed by atoms with Crippen LogP contribution in [0.4, 0.5) is 0 Å². The van der Waals surface area contributed by atoms with E-state index in [1.807, 2.05) is 0 Å². The second kappa shape index (κ2) is 5.32. The summed E-state index contributed by atoms with van der Waals surface area (Å²) in [5, 5.41) is 0. The van der Waals surface area contributed by atoms with Crippen LogP contribution in [0.1, 0.15) is 25.3 Å². The van der Waals surface area contributed by atoms with Crippen LogP contribution < -0.4 is 0 Å². The second-order valence-corrected chi connectivity index (χ2v) is 4.18. The van der Waals surface area contributed by atoms with Crippen LogP contribution in [-0.2, 0) is 6.42 Å². The molecule has 66 valence electrons. The van der Waals surface area contributed by atoms with E-state index in [9.17, 15) is 0 Å². The SMILES string of the molecule is CCC[C@@H](P)Cc1ccccc1. The lowest BCUT2D eigenvalue weighted by Crippen LogP contribution is -2.01. The molecule has 0 saturated carbocycles. The average molecular weight is 180 g/mol. The quantitative estimate of drug-likeness (QED) is 0.624. The summed E-state index contributed by atoms with van der Waals surface area (Å²) >= 11 is 0. The van der Waals surface area contributed by atoms with Crippen LogP contribution in [0.3, 0.4) is 0 Å². The van der Waals surface area contributed by atoms with E-state index in [1.54, 1.807) is 0 Å². The molecule has 0 aliphatic carbocycles. The van der Waals surface area contributed by atoms with Crippen molar-refractivity contribution in [1.82, 2.24) is 0 Å². The van der Waals surface area contributed by atoms with Crippen molar-refractivity contribution >= 4 is 9.24 Å². The molecule has 0 radical (unpaired) electrons. The lowest BCUT2D eigenvalue weighted by atomic mass is 10.1. The summed E-state index contributed by atoms with van der Waals surface area (Å²) in [5.74, 6) is 0. The number of benzene rings is 1. The van der Waals surface area contributed by atoms with Gasteiger partial charge in [-0.05, 0) is 24.1 Å². The first-order valence-electron chi connectivity index (χ1n) is 4.62. The summed E-state index contributed by atoms with van der Waals surface area (Å²) < 4.78 is 0. The molecule has 12 heavy (non-hydrogen) atoms. The molecule has 1 heteroatoms. The molecule has 0 saturated heterocycles. The molecule has 1 aromatic rings. The van der Waals surface area contributed by atoms with Gasteiger partial charge in [-0.3, -0.25) is 0 Å². The normalized spacial score (nSPS) is 12.8. The molecule has 1 rings (SSSR count). The predicted molar refractivity (Wildman–Crippen MR) is 58.6 cm³/mol. The van der Waals surface area contributed by atoms with Crippen LogP contribution in [0.5, 0.6) is 0 Å². The van der Waals surface area contributed by atoms with Crippen molar-refractivity contribution in [2.24, 2.45) is 0 Å². The Morgan fingerprint density at radius 1 is 1.25 bits per heavy atom. The third-order valence-electron chi connectivity index (χ3n) is 2.00.